The summed E-state index contributed by atoms with van der Waals surface area (Å²) in [5.41, 5.74) is -0.622. The zero-order valence-corrected chi connectivity index (χ0v) is 15.8. The number of piperidine rings is 1. The highest BCUT2D eigenvalue weighted by Gasteiger charge is 2.38. The number of nitro groups is 1. The van der Waals surface area contributed by atoms with Crippen molar-refractivity contribution in [2.24, 2.45) is 0 Å². The first-order valence-electron chi connectivity index (χ1n) is 9.50. The van der Waals surface area contributed by atoms with Crippen molar-refractivity contribution in [1.29, 1.82) is 0 Å². The number of anilines is 1. The van der Waals surface area contributed by atoms with Crippen molar-refractivity contribution in [3.05, 3.63) is 33.9 Å². The monoisotopic (exact) mass is 383 g/mol. The number of ether oxygens (including phenoxy) is 1. The van der Waals surface area contributed by atoms with Gasteiger partial charge in [0.2, 0.25) is 5.82 Å². The number of likely N-dealkylation sites (tertiary alicyclic amines) is 1. The molecule has 2 aliphatic rings. The molecule has 8 heteroatoms. The Hall–Kier alpha value is -1.80. The number of nitro benzene ring substituents is 1. The molecule has 0 radical (unpaired) electrons. The van der Waals surface area contributed by atoms with Gasteiger partial charge in [0.25, 0.3) is 0 Å². The molecule has 2 fully saturated rings. The van der Waals surface area contributed by atoms with Crippen LogP contribution >= 0.6 is 0 Å². The molecule has 1 aromatic rings. The first-order chi connectivity index (χ1) is 12.8. The second-order valence-corrected chi connectivity index (χ2v) is 7.88. The Kier molecular flexibility index (Phi) is 5.95. The van der Waals surface area contributed by atoms with E-state index < -0.39 is 22.2 Å². The van der Waals surface area contributed by atoms with Crippen molar-refractivity contribution in [3.8, 4) is 0 Å². The van der Waals surface area contributed by atoms with Gasteiger partial charge >= 0.3 is 5.69 Å². The van der Waals surface area contributed by atoms with Crippen LogP contribution in [0.25, 0.3) is 0 Å². The Labute approximate surface area is 158 Å². The number of hydrogen-bond acceptors (Lipinski definition) is 5. The summed E-state index contributed by atoms with van der Waals surface area (Å²) >= 11 is 0. The van der Waals surface area contributed by atoms with Gasteiger partial charge in [-0.2, -0.15) is 4.39 Å². The van der Waals surface area contributed by atoms with Gasteiger partial charge in [-0.05, 0) is 45.4 Å². The predicted octanol–water partition coefficient (Wildman–Crippen LogP) is 4.10. The van der Waals surface area contributed by atoms with Crippen LogP contribution in [-0.4, -0.2) is 47.7 Å². The van der Waals surface area contributed by atoms with E-state index in [-0.39, 0.29) is 17.3 Å². The molecule has 0 amide bonds. The van der Waals surface area contributed by atoms with Gasteiger partial charge in [-0.15, -0.1) is 0 Å². The van der Waals surface area contributed by atoms with E-state index in [1.54, 1.807) is 7.11 Å². The number of nitrogens with zero attached hydrogens (tertiary/aromatic N) is 2. The van der Waals surface area contributed by atoms with E-state index in [1.165, 1.54) is 0 Å². The van der Waals surface area contributed by atoms with Gasteiger partial charge in [0.1, 0.15) is 11.5 Å². The van der Waals surface area contributed by atoms with Crippen molar-refractivity contribution >= 4 is 11.4 Å². The van der Waals surface area contributed by atoms with E-state index >= 15 is 0 Å². The molecule has 1 aliphatic carbocycles. The Morgan fingerprint density at radius 3 is 2.41 bits per heavy atom. The highest BCUT2D eigenvalue weighted by Crippen LogP contribution is 2.37. The molecule has 1 saturated carbocycles. The molecule has 1 aliphatic heterocycles. The Morgan fingerprint density at radius 1 is 1.22 bits per heavy atom. The van der Waals surface area contributed by atoms with Gasteiger partial charge in [-0.3, -0.25) is 15.0 Å². The second-order valence-electron chi connectivity index (χ2n) is 7.88. The number of hydrogen-bond donors (Lipinski definition) is 1. The van der Waals surface area contributed by atoms with E-state index in [4.69, 9.17) is 4.74 Å². The Morgan fingerprint density at radius 2 is 1.85 bits per heavy atom. The zero-order chi connectivity index (χ0) is 19.6. The van der Waals surface area contributed by atoms with Crippen LogP contribution in [0, 0.1) is 21.7 Å². The average molecular weight is 383 g/mol. The summed E-state index contributed by atoms with van der Waals surface area (Å²) in [4.78, 5) is 12.8. The Bertz CT molecular complexity index is 685. The van der Waals surface area contributed by atoms with Crippen molar-refractivity contribution in [3.63, 3.8) is 0 Å². The summed E-state index contributed by atoms with van der Waals surface area (Å²) in [5.74, 6) is -1.97. The lowest BCUT2D eigenvalue weighted by molar-refractivity contribution is -0.386. The van der Waals surface area contributed by atoms with E-state index in [9.17, 15) is 18.9 Å². The minimum Gasteiger partial charge on any atom is -0.381 e. The van der Waals surface area contributed by atoms with Crippen LogP contribution in [0.1, 0.15) is 45.4 Å². The molecule has 150 valence electrons. The molecule has 6 nitrogen and oxygen atoms in total. The molecule has 1 aromatic carbocycles. The maximum Gasteiger partial charge on any atom is 0.327 e. The molecule has 0 atom stereocenters. The topological polar surface area (TPSA) is 67.6 Å². The summed E-state index contributed by atoms with van der Waals surface area (Å²) in [5, 5.41) is 14.1. The molecule has 3 rings (SSSR count). The number of rotatable bonds is 5. The lowest BCUT2D eigenvalue weighted by atomic mass is 9.79. The van der Waals surface area contributed by atoms with Crippen LogP contribution in [0.4, 0.5) is 20.2 Å². The molecule has 0 aromatic heterocycles. The highest BCUT2D eigenvalue weighted by atomic mass is 19.1. The third kappa shape index (κ3) is 4.38. The normalized spacial score (nSPS) is 27.5. The van der Waals surface area contributed by atoms with Gasteiger partial charge in [-0.1, -0.05) is 0 Å². The summed E-state index contributed by atoms with van der Waals surface area (Å²) in [7, 11) is 1.76. The first kappa shape index (κ1) is 19.9. The molecular formula is C19H27F2N3O3. The molecule has 0 spiro atoms. The fraction of sp³-hybridized carbons (Fsp3) is 0.684. The minimum atomic E-state index is -1.15. The van der Waals surface area contributed by atoms with Crippen LogP contribution in [-0.2, 0) is 4.74 Å². The molecule has 1 saturated heterocycles. The number of nitrogens with one attached hydrogen (secondary N) is 1. The number of methoxy groups -OCH3 is 1. The maximum atomic E-state index is 13.8. The highest BCUT2D eigenvalue weighted by molar-refractivity contribution is 5.62. The summed E-state index contributed by atoms with van der Waals surface area (Å²) in [6.07, 6.45) is 6.19. The van der Waals surface area contributed by atoms with E-state index in [2.05, 4.69) is 17.1 Å². The smallest absolute Gasteiger partial charge is 0.327 e. The van der Waals surface area contributed by atoms with Gasteiger partial charge in [0.05, 0.1) is 11.0 Å². The van der Waals surface area contributed by atoms with Gasteiger partial charge in [0, 0.05) is 43.9 Å². The van der Waals surface area contributed by atoms with Crippen molar-refractivity contribution in [2.45, 2.75) is 63.1 Å². The van der Waals surface area contributed by atoms with Crippen LogP contribution < -0.4 is 5.32 Å². The lowest BCUT2D eigenvalue weighted by Crippen LogP contribution is -2.53. The first-order valence-corrected chi connectivity index (χ1v) is 9.50. The van der Waals surface area contributed by atoms with Gasteiger partial charge < -0.3 is 10.1 Å². The molecule has 27 heavy (non-hydrogen) atoms. The second kappa shape index (κ2) is 8.06. The quantitative estimate of drug-likeness (QED) is 0.613. The molecule has 0 bridgehead atoms. The third-order valence-corrected chi connectivity index (χ3v) is 6.17. The van der Waals surface area contributed by atoms with Gasteiger partial charge in [-0.25, -0.2) is 4.39 Å². The van der Waals surface area contributed by atoms with Gasteiger partial charge in [0.15, 0.2) is 0 Å². The molecule has 0 unspecified atom stereocenters. The fourth-order valence-corrected chi connectivity index (χ4v) is 4.41. The lowest BCUT2D eigenvalue weighted by Gasteiger charge is -2.48. The van der Waals surface area contributed by atoms with Crippen molar-refractivity contribution < 1.29 is 18.4 Å². The SMILES string of the molecule is COC1CCC(C)(N2CCC(Nc3cc(F)cc(F)c3[N+](=O)[O-])CC2)CC1. The van der Waals surface area contributed by atoms with Crippen LogP contribution in [0.2, 0.25) is 0 Å². The standard InChI is InChI=1S/C19H27F2N3O3/c1-19(7-3-15(27-2)4-8-19)23-9-5-14(6-10-23)22-17-12-13(20)11-16(21)18(17)24(25)26/h11-12,14-15,22H,3-10H2,1-2H3. The zero-order valence-electron chi connectivity index (χ0n) is 15.8. The van der Waals surface area contributed by atoms with E-state index in [0.29, 0.717) is 12.2 Å². The van der Waals surface area contributed by atoms with Crippen LogP contribution in [0.5, 0.6) is 0 Å². The fourth-order valence-electron chi connectivity index (χ4n) is 4.41. The van der Waals surface area contributed by atoms with Crippen molar-refractivity contribution in [1.82, 2.24) is 4.90 Å². The minimum absolute atomic E-state index is 0.0416. The summed E-state index contributed by atoms with van der Waals surface area (Å²) in [6.45, 7) is 4.01. The Balaban J connectivity index is 1.61. The van der Waals surface area contributed by atoms with Crippen LogP contribution in [0.15, 0.2) is 12.1 Å². The van der Waals surface area contributed by atoms with Crippen molar-refractivity contribution in [2.75, 3.05) is 25.5 Å². The third-order valence-electron chi connectivity index (χ3n) is 6.17. The van der Waals surface area contributed by atoms with Crippen LogP contribution in [0.3, 0.4) is 0 Å². The average Bonchev–Trinajstić information content (AvgIpc) is 2.62. The maximum absolute atomic E-state index is 13.8. The molecule has 1 heterocycles. The largest absolute Gasteiger partial charge is 0.381 e. The summed E-state index contributed by atoms with van der Waals surface area (Å²) < 4.78 is 32.8. The summed E-state index contributed by atoms with van der Waals surface area (Å²) in [6, 6.07) is 1.50. The number of halogens is 2. The van der Waals surface area contributed by atoms with E-state index in [1.807, 2.05) is 0 Å². The molecule has 1 N–H and O–H groups in total. The predicted molar refractivity (Wildman–Crippen MR) is 98.9 cm³/mol. The molecular weight excluding hydrogens is 356 g/mol. The number of benzene rings is 1. The van der Waals surface area contributed by atoms with E-state index in [0.717, 1.165) is 57.7 Å².